The molecule has 0 saturated carbocycles. The zero-order chi connectivity index (χ0) is 24.7. The first-order chi connectivity index (χ1) is 16.3. The molecule has 1 aromatic heterocycles. The number of aromatic nitrogens is 1. The number of nitriles is 1. The van der Waals surface area contributed by atoms with E-state index in [1.54, 1.807) is 19.9 Å². The van der Waals surface area contributed by atoms with Crippen LogP contribution < -0.4 is 10.6 Å². The highest BCUT2D eigenvalue weighted by molar-refractivity contribution is 8.09. The van der Waals surface area contributed by atoms with E-state index in [1.165, 1.54) is 11.8 Å². The molecule has 0 radical (unpaired) electrons. The summed E-state index contributed by atoms with van der Waals surface area (Å²) in [4.78, 5) is 19.7. The summed E-state index contributed by atoms with van der Waals surface area (Å²) in [5, 5.41) is 33.4. The van der Waals surface area contributed by atoms with Crippen molar-refractivity contribution < 1.29 is 15.0 Å². The SMILES string of the molecule is CC(C)O.Cc1cc(C2=C(c3cccc(C#N)c3)NC(NC(=O)N3CCCC3)S2)cc(CO)n1. The third kappa shape index (κ3) is 6.73. The molecule has 0 bridgehead atoms. The third-order valence-electron chi connectivity index (χ3n) is 5.10. The molecule has 2 aliphatic heterocycles. The zero-order valence-corrected chi connectivity index (χ0v) is 20.5. The fourth-order valence-corrected chi connectivity index (χ4v) is 4.83. The quantitative estimate of drug-likeness (QED) is 0.528. The van der Waals surface area contributed by atoms with Gasteiger partial charge in [-0.1, -0.05) is 23.9 Å². The predicted octanol–water partition coefficient (Wildman–Crippen LogP) is 3.39. The second kappa shape index (κ2) is 11.9. The molecule has 0 spiro atoms. The number of aryl methyl sites for hydroxylation is 1. The van der Waals surface area contributed by atoms with Crippen LogP contribution in [0, 0.1) is 18.3 Å². The van der Waals surface area contributed by atoms with Gasteiger partial charge in [-0.3, -0.25) is 4.98 Å². The summed E-state index contributed by atoms with van der Waals surface area (Å²) in [6, 6.07) is 13.3. The highest BCUT2D eigenvalue weighted by Crippen LogP contribution is 2.42. The second-order valence-corrected chi connectivity index (χ2v) is 9.54. The summed E-state index contributed by atoms with van der Waals surface area (Å²) < 4.78 is 0. The van der Waals surface area contributed by atoms with Gasteiger partial charge in [-0.05, 0) is 63.4 Å². The molecule has 2 aromatic rings. The van der Waals surface area contributed by atoms with Gasteiger partial charge < -0.3 is 25.7 Å². The Morgan fingerprint density at radius 1 is 1.29 bits per heavy atom. The lowest BCUT2D eigenvalue weighted by molar-refractivity contribution is 0.207. The van der Waals surface area contributed by atoms with Crippen LogP contribution in [0.15, 0.2) is 36.4 Å². The van der Waals surface area contributed by atoms with Crippen molar-refractivity contribution in [2.24, 2.45) is 0 Å². The molecule has 9 heteroatoms. The van der Waals surface area contributed by atoms with Crippen molar-refractivity contribution in [3.63, 3.8) is 0 Å². The summed E-state index contributed by atoms with van der Waals surface area (Å²) in [5.41, 5.74) is 4.26. The van der Waals surface area contributed by atoms with Crippen LogP contribution in [0.1, 0.15) is 54.8 Å². The minimum atomic E-state index is -0.333. The van der Waals surface area contributed by atoms with Crippen LogP contribution in [0.5, 0.6) is 0 Å². The molecule has 3 heterocycles. The number of benzene rings is 1. The second-order valence-electron chi connectivity index (χ2n) is 8.42. The monoisotopic (exact) mass is 481 g/mol. The number of aliphatic hydroxyl groups is 2. The molecule has 1 saturated heterocycles. The maximum atomic E-state index is 12.6. The van der Waals surface area contributed by atoms with Gasteiger partial charge in [-0.2, -0.15) is 5.26 Å². The van der Waals surface area contributed by atoms with E-state index in [0.717, 1.165) is 53.4 Å². The first-order valence-electron chi connectivity index (χ1n) is 11.3. The molecule has 1 aromatic carbocycles. The largest absolute Gasteiger partial charge is 0.394 e. The molecular weight excluding hydrogens is 450 g/mol. The van der Waals surface area contributed by atoms with Crippen molar-refractivity contribution >= 4 is 28.4 Å². The van der Waals surface area contributed by atoms with Crippen molar-refractivity contribution in [3.8, 4) is 6.07 Å². The van der Waals surface area contributed by atoms with E-state index in [2.05, 4.69) is 21.7 Å². The summed E-state index contributed by atoms with van der Waals surface area (Å²) in [7, 11) is 0. The Morgan fingerprint density at radius 2 is 2.00 bits per heavy atom. The van der Waals surface area contributed by atoms with Crippen LogP contribution >= 0.6 is 11.8 Å². The molecule has 180 valence electrons. The van der Waals surface area contributed by atoms with Gasteiger partial charge in [0.05, 0.1) is 29.6 Å². The van der Waals surface area contributed by atoms with E-state index >= 15 is 0 Å². The molecular formula is C25H31N5O3S. The summed E-state index contributed by atoms with van der Waals surface area (Å²) >= 11 is 1.51. The lowest BCUT2D eigenvalue weighted by Crippen LogP contribution is -2.46. The van der Waals surface area contributed by atoms with Crippen molar-refractivity contribution in [2.75, 3.05) is 13.1 Å². The van der Waals surface area contributed by atoms with Crippen molar-refractivity contribution in [1.82, 2.24) is 20.5 Å². The van der Waals surface area contributed by atoms with E-state index in [9.17, 15) is 15.2 Å². The third-order valence-corrected chi connectivity index (χ3v) is 6.24. The number of aliphatic hydroxyl groups excluding tert-OH is 2. The minimum Gasteiger partial charge on any atom is -0.394 e. The summed E-state index contributed by atoms with van der Waals surface area (Å²) in [5.74, 6) is 0. The van der Waals surface area contributed by atoms with E-state index in [1.807, 2.05) is 42.2 Å². The fraction of sp³-hybridized carbons (Fsp3) is 0.400. The molecule has 4 rings (SSSR count). The van der Waals surface area contributed by atoms with Crippen LogP contribution in [0.2, 0.25) is 0 Å². The molecule has 2 amide bonds. The Morgan fingerprint density at radius 3 is 2.65 bits per heavy atom. The lowest BCUT2D eigenvalue weighted by Gasteiger charge is -2.20. The topological polar surface area (TPSA) is 122 Å². The van der Waals surface area contributed by atoms with E-state index in [4.69, 9.17) is 5.11 Å². The average Bonchev–Trinajstić information content (AvgIpc) is 3.49. The van der Waals surface area contributed by atoms with Crippen molar-refractivity contribution in [3.05, 3.63) is 64.5 Å². The molecule has 1 unspecified atom stereocenters. The smallest absolute Gasteiger partial charge is 0.319 e. The Labute approximate surface area is 204 Å². The summed E-state index contributed by atoms with van der Waals surface area (Å²) in [6.45, 7) is 6.75. The number of urea groups is 1. The van der Waals surface area contributed by atoms with Gasteiger partial charge in [0, 0.05) is 35.4 Å². The Kier molecular flexibility index (Phi) is 8.93. The molecule has 1 fully saturated rings. The number of rotatable bonds is 4. The highest BCUT2D eigenvalue weighted by atomic mass is 32.2. The molecule has 4 N–H and O–H groups in total. The van der Waals surface area contributed by atoms with Crippen molar-refractivity contribution in [1.29, 1.82) is 5.26 Å². The van der Waals surface area contributed by atoms with Gasteiger partial charge in [-0.15, -0.1) is 0 Å². The average molecular weight is 482 g/mol. The number of hydrogen-bond donors (Lipinski definition) is 4. The maximum Gasteiger partial charge on any atom is 0.319 e. The van der Waals surface area contributed by atoms with E-state index in [0.29, 0.717) is 11.3 Å². The predicted molar refractivity (Wildman–Crippen MR) is 134 cm³/mol. The molecule has 1 atom stereocenters. The van der Waals surface area contributed by atoms with Crippen LogP contribution in [0.4, 0.5) is 4.79 Å². The number of likely N-dealkylation sites (tertiary alicyclic amines) is 1. The van der Waals surface area contributed by atoms with Gasteiger partial charge >= 0.3 is 6.03 Å². The Balaban J connectivity index is 0.000000751. The van der Waals surface area contributed by atoms with E-state index < -0.39 is 0 Å². The van der Waals surface area contributed by atoms with Gasteiger partial charge in [0.1, 0.15) is 0 Å². The first kappa shape index (κ1) is 25.6. The molecule has 34 heavy (non-hydrogen) atoms. The number of thioether (sulfide) groups is 1. The van der Waals surface area contributed by atoms with Crippen LogP contribution in [-0.2, 0) is 6.61 Å². The standard InChI is InChI=1S/C22H23N5O2S.C3H8O/c1-14-9-17(11-18(13-28)24-14)20-19(16-6-4-5-15(10-16)12-23)25-21(30-20)26-22(29)27-7-2-3-8-27;1-3(2)4/h4-6,9-11,21,25,28H,2-3,7-8,13H2,1H3,(H,26,29);3-4H,1-2H3. The zero-order valence-electron chi connectivity index (χ0n) is 19.7. The van der Waals surface area contributed by atoms with Gasteiger partial charge in [0.2, 0.25) is 0 Å². The number of amides is 2. The summed E-state index contributed by atoms with van der Waals surface area (Å²) in [6.07, 6.45) is 1.91. The van der Waals surface area contributed by atoms with Gasteiger partial charge in [0.25, 0.3) is 0 Å². The number of nitrogens with one attached hydrogen (secondary N) is 2. The minimum absolute atomic E-state index is 0.0779. The van der Waals surface area contributed by atoms with Crippen LogP contribution in [0.25, 0.3) is 10.6 Å². The number of pyridine rings is 1. The number of carbonyl (C=O) groups is 1. The van der Waals surface area contributed by atoms with Gasteiger partial charge in [-0.25, -0.2) is 4.79 Å². The first-order valence-corrected chi connectivity index (χ1v) is 12.2. The Hall–Kier alpha value is -3.06. The molecule has 2 aliphatic rings. The maximum absolute atomic E-state index is 12.6. The Bertz CT molecular complexity index is 1090. The van der Waals surface area contributed by atoms with Crippen molar-refractivity contribution in [2.45, 2.75) is 51.8 Å². The number of hydrogen-bond acceptors (Lipinski definition) is 7. The molecule has 0 aliphatic carbocycles. The lowest BCUT2D eigenvalue weighted by atomic mass is 10.1. The van der Waals surface area contributed by atoms with Crippen LogP contribution in [-0.4, -0.2) is 50.8 Å². The van der Waals surface area contributed by atoms with Crippen LogP contribution in [0.3, 0.4) is 0 Å². The highest BCUT2D eigenvalue weighted by Gasteiger charge is 2.30. The number of carbonyl (C=O) groups excluding carboxylic acids is 1. The normalized spacial score (nSPS) is 17.2. The van der Waals surface area contributed by atoms with E-state index in [-0.39, 0.29) is 24.2 Å². The fourth-order valence-electron chi connectivity index (χ4n) is 3.71. The molecule has 8 nitrogen and oxygen atoms in total. The van der Waals surface area contributed by atoms with Gasteiger partial charge in [0.15, 0.2) is 5.50 Å². The number of nitrogens with zero attached hydrogens (tertiary/aromatic N) is 3.